The number of rotatable bonds is 6. The van der Waals surface area contributed by atoms with Crippen LogP contribution in [0, 0.1) is 41.5 Å². The number of allylic oxidation sites excluding steroid dienone is 2. The van der Waals surface area contributed by atoms with Crippen molar-refractivity contribution in [3.8, 4) is 0 Å². The van der Waals surface area contributed by atoms with Gasteiger partial charge in [0, 0.05) is 7.92 Å². The van der Waals surface area contributed by atoms with Crippen LogP contribution in [0.15, 0.2) is 35.9 Å². The average molecular weight is 828 g/mol. The molecule has 0 unspecified atom stereocenters. The third-order valence-electron chi connectivity index (χ3n) is 11.8. The molecule has 2 aromatic rings. The van der Waals surface area contributed by atoms with Crippen molar-refractivity contribution < 1.29 is 11.9 Å². The second-order valence-corrected chi connectivity index (χ2v) is 29.1. The van der Waals surface area contributed by atoms with Crippen LogP contribution >= 0.6 is 27.3 Å². The van der Waals surface area contributed by atoms with Gasteiger partial charge < -0.3 is 0 Å². The fourth-order valence-corrected chi connectivity index (χ4v) is 20.6. The molecule has 0 radical (unpaired) electrons. The van der Waals surface area contributed by atoms with Crippen molar-refractivity contribution in [2.24, 2.45) is 0 Å². The van der Waals surface area contributed by atoms with Crippen molar-refractivity contribution in [3.63, 3.8) is 0 Å². The molecule has 0 spiro atoms. The number of nitrogens with zero attached hydrogens (tertiary/aromatic N) is 2. The Hall–Kier alpha value is -0.847. The van der Waals surface area contributed by atoms with Gasteiger partial charge in [-0.25, -0.2) is 0 Å². The van der Waals surface area contributed by atoms with Gasteiger partial charge in [0.15, 0.2) is 0 Å². The van der Waals surface area contributed by atoms with Crippen molar-refractivity contribution >= 4 is 47.6 Å². The van der Waals surface area contributed by atoms with Gasteiger partial charge in [0.1, 0.15) is 0 Å². The zero-order valence-electron chi connectivity index (χ0n) is 32.7. The molecule has 2 aromatic carbocycles. The van der Waals surface area contributed by atoms with E-state index in [1.807, 2.05) is 0 Å². The molecule has 0 aromatic heterocycles. The quantitative estimate of drug-likeness (QED) is 0.211. The predicted octanol–water partition coefficient (Wildman–Crippen LogP) is 13.4. The zero-order valence-corrected chi connectivity index (χ0v) is 37.0. The van der Waals surface area contributed by atoms with Crippen molar-refractivity contribution in [2.45, 2.75) is 169 Å². The van der Waals surface area contributed by atoms with Gasteiger partial charge in [-0.1, -0.05) is 19.3 Å². The van der Waals surface area contributed by atoms with Gasteiger partial charge in [0.05, 0.1) is 17.0 Å². The Balaban J connectivity index is 0.000000217. The second kappa shape index (κ2) is 18.5. The molecule has 3 aliphatic carbocycles. The maximum atomic E-state index is 7.26. The van der Waals surface area contributed by atoms with Crippen LogP contribution in [0.3, 0.4) is 0 Å². The summed E-state index contributed by atoms with van der Waals surface area (Å²) in [7, 11) is 14.5. The molecule has 0 amide bonds. The predicted molar refractivity (Wildman–Crippen MR) is 227 cm³/mol. The van der Waals surface area contributed by atoms with Gasteiger partial charge in [-0.15, -0.1) is 0 Å². The number of anilines is 2. The van der Waals surface area contributed by atoms with Crippen molar-refractivity contribution in [3.05, 3.63) is 69.3 Å². The summed E-state index contributed by atoms with van der Waals surface area (Å²) >= 11 is -3.33. The first-order valence-corrected chi connectivity index (χ1v) is 28.0. The van der Waals surface area contributed by atoms with Crippen LogP contribution in [0.25, 0.3) is 0 Å². The Morgan fingerprint density at radius 1 is 0.580 bits per heavy atom. The molecule has 2 nitrogen and oxygen atoms in total. The van der Waals surface area contributed by atoms with Crippen LogP contribution in [0.4, 0.5) is 11.4 Å². The molecule has 50 heavy (non-hydrogen) atoms. The fourth-order valence-electron chi connectivity index (χ4n) is 9.93. The summed E-state index contributed by atoms with van der Waals surface area (Å²) in [4.78, 5) is 4.79. The first-order valence-electron chi connectivity index (χ1n) is 19.9. The van der Waals surface area contributed by atoms with E-state index < -0.39 is 11.9 Å². The Morgan fingerprint density at radius 3 is 1.20 bits per heavy atom. The molecule has 1 heterocycles. The van der Waals surface area contributed by atoms with E-state index in [4.69, 9.17) is 19.4 Å². The summed E-state index contributed by atoms with van der Waals surface area (Å²) < 4.78 is 3.15. The van der Waals surface area contributed by atoms with Gasteiger partial charge in [0.25, 0.3) is 0 Å². The van der Waals surface area contributed by atoms with Crippen molar-refractivity contribution in [2.75, 3.05) is 22.9 Å². The van der Waals surface area contributed by atoms with Crippen molar-refractivity contribution in [1.82, 2.24) is 0 Å². The molecule has 0 N–H and O–H groups in total. The van der Waals surface area contributed by atoms with Gasteiger partial charge in [-0.3, -0.25) is 0 Å². The average Bonchev–Trinajstić information content (AvgIpc) is 3.50. The van der Waals surface area contributed by atoms with Crippen LogP contribution in [-0.2, 0) is 11.9 Å². The van der Waals surface area contributed by atoms with E-state index in [1.165, 1.54) is 67.3 Å². The number of hydrogen-bond acceptors (Lipinski definition) is 2. The van der Waals surface area contributed by atoms with E-state index >= 15 is 0 Å². The fraction of sp³-hybridized carbons (Fsp3) is 0.636. The van der Waals surface area contributed by atoms with Crippen LogP contribution in [0.5, 0.6) is 0 Å². The molecule has 6 heteroatoms. The normalized spacial score (nSPS) is 20.2. The van der Waals surface area contributed by atoms with E-state index in [1.54, 1.807) is 96.3 Å². The monoisotopic (exact) mass is 827 g/mol. The molecule has 0 atom stereocenters. The van der Waals surface area contributed by atoms with Crippen LogP contribution in [0.2, 0.25) is 0 Å². The standard InChI is InChI=1S/C21H26N2.C18H33P.C5H8.2ClH.Ru/c1-14-9-16(3)20(17(4)10-14)22-7-8-23(13-22)21-18(5)11-15(2)12-19(21)6;1-4-10-16(11-5-1)19(17-12-6-2-7-13-17)18-14-8-3-9-15-18;1-4-5(2)3;;;/h9-12H,7-8H2,1-6H3;16-18H,1-15H2;1,4H,2-3H3;2*1H;/q;;;;;+2/p-1. The van der Waals surface area contributed by atoms with Crippen LogP contribution in [0.1, 0.15) is 144 Å². The number of halogens is 2. The molecule has 6 rings (SSSR count). The first-order chi connectivity index (χ1) is 23.9. The third-order valence-corrected chi connectivity index (χ3v) is 21.8. The molecule has 0 bridgehead atoms. The summed E-state index contributed by atoms with van der Waals surface area (Å²) in [6, 6.07) is 9.00. The Morgan fingerprint density at radius 2 is 0.900 bits per heavy atom. The Kier molecular flexibility index (Phi) is 14.9. The van der Waals surface area contributed by atoms with Gasteiger partial charge in [-0.2, -0.15) is 0 Å². The van der Waals surface area contributed by atoms with Gasteiger partial charge >= 0.3 is 199 Å². The third kappa shape index (κ3) is 10.0. The van der Waals surface area contributed by atoms with Crippen LogP contribution in [-0.4, -0.2) is 39.0 Å². The number of benzene rings is 2. The number of aryl methyl sites for hydroxylation is 6. The summed E-state index contributed by atoms with van der Waals surface area (Å²) in [5.74, 6) is 0. The summed E-state index contributed by atoms with van der Waals surface area (Å²) in [6.07, 6.45) is 25.9. The van der Waals surface area contributed by atoms with E-state index in [-0.39, 0.29) is 7.92 Å². The molecule has 1 aliphatic heterocycles. The molecule has 4 fully saturated rings. The Bertz CT molecular complexity index is 1450. The minimum atomic E-state index is -3.33. The van der Waals surface area contributed by atoms with Crippen molar-refractivity contribution in [1.29, 1.82) is 0 Å². The SMILES string of the molecule is C1CCC([PH+](C2CCCCC2)C2CCCCC2)CC1.CC(C)=C[CH]=[Ru]([Cl])([Cl])=[C]1N(c2c(C)cc(C)cc2C)CCN1c1c(C)cc(C)cc1C. The molecule has 280 valence electrons. The molecular formula is C44H68Cl2N2PRu+. The van der Waals surface area contributed by atoms with Crippen LogP contribution < -0.4 is 9.80 Å². The second-order valence-electron chi connectivity index (χ2n) is 16.4. The molecular weight excluding hydrogens is 759 g/mol. The van der Waals surface area contributed by atoms with Gasteiger partial charge in [-0.05, 0) is 77.0 Å². The van der Waals surface area contributed by atoms with E-state index in [0.717, 1.165) is 17.4 Å². The minimum absolute atomic E-state index is 0.0465. The summed E-state index contributed by atoms with van der Waals surface area (Å²) in [5.41, 5.74) is 15.0. The maximum absolute atomic E-state index is 7.26. The zero-order chi connectivity index (χ0) is 36.0. The molecule has 1 saturated heterocycles. The summed E-state index contributed by atoms with van der Waals surface area (Å²) in [6.45, 7) is 19.0. The number of hydrogen-bond donors (Lipinski definition) is 0. The topological polar surface area (TPSA) is 6.48 Å². The molecule has 4 aliphatic rings. The summed E-state index contributed by atoms with van der Waals surface area (Å²) in [5, 5.41) is 0. The van der Waals surface area contributed by atoms with E-state index in [9.17, 15) is 0 Å². The molecule has 3 saturated carbocycles. The van der Waals surface area contributed by atoms with E-state index in [0.29, 0.717) is 0 Å². The van der Waals surface area contributed by atoms with Gasteiger partial charge in [0.2, 0.25) is 0 Å². The Labute approximate surface area is 318 Å². The first kappa shape index (κ1) is 40.3. The van der Waals surface area contributed by atoms with E-state index in [2.05, 4.69) is 100 Å².